The van der Waals surface area contributed by atoms with E-state index in [0.29, 0.717) is 16.3 Å². The predicted octanol–water partition coefficient (Wildman–Crippen LogP) is 2.51. The molecule has 0 radical (unpaired) electrons. The highest BCUT2D eigenvalue weighted by atomic mass is 35.5. The molecule has 1 aromatic rings. The molecule has 1 aromatic carbocycles. The lowest BCUT2D eigenvalue weighted by Crippen LogP contribution is -2.05. The Morgan fingerprint density at radius 3 is 2.77 bits per heavy atom. The molecule has 0 aromatic heterocycles. The number of Topliss-reactive ketones (excluding diaryl/α,β-unsaturated/α-hetero) is 1. The van der Waals surface area contributed by atoms with Crippen molar-refractivity contribution in [3.63, 3.8) is 0 Å². The zero-order valence-corrected chi connectivity index (χ0v) is 7.84. The summed E-state index contributed by atoms with van der Waals surface area (Å²) in [7, 11) is 0. The average Bonchev–Trinajstić information content (AvgIpc) is 2.91. The fraction of sp³-hybridized carbons (Fsp3) is 0.300. The third-order valence-corrected chi connectivity index (χ3v) is 2.60. The van der Waals surface area contributed by atoms with Crippen molar-refractivity contribution in [2.75, 3.05) is 5.73 Å². The van der Waals surface area contributed by atoms with Crippen molar-refractivity contribution >= 4 is 23.1 Å². The number of para-hydroxylation sites is 1. The Morgan fingerprint density at radius 1 is 1.46 bits per heavy atom. The second-order valence-electron chi connectivity index (χ2n) is 3.34. The predicted molar refractivity (Wildman–Crippen MR) is 52.9 cm³/mol. The largest absolute Gasteiger partial charge is 0.397 e. The second-order valence-corrected chi connectivity index (χ2v) is 3.75. The number of halogens is 1. The van der Waals surface area contributed by atoms with E-state index in [1.54, 1.807) is 18.2 Å². The van der Waals surface area contributed by atoms with E-state index in [4.69, 9.17) is 17.3 Å². The van der Waals surface area contributed by atoms with E-state index in [2.05, 4.69) is 0 Å². The Balaban J connectivity index is 2.38. The van der Waals surface area contributed by atoms with Gasteiger partial charge in [0.1, 0.15) is 0 Å². The molecule has 0 bridgehead atoms. The van der Waals surface area contributed by atoms with Gasteiger partial charge >= 0.3 is 0 Å². The number of anilines is 1. The molecular weight excluding hydrogens is 186 g/mol. The van der Waals surface area contributed by atoms with Gasteiger partial charge in [0.15, 0.2) is 5.78 Å². The summed E-state index contributed by atoms with van der Waals surface area (Å²) in [5.41, 5.74) is 6.69. The molecule has 0 saturated heterocycles. The molecule has 0 amide bonds. The van der Waals surface area contributed by atoms with Crippen molar-refractivity contribution < 1.29 is 4.79 Å². The molecular formula is C10H10ClNO. The number of hydrogen-bond donors (Lipinski definition) is 1. The van der Waals surface area contributed by atoms with E-state index < -0.39 is 0 Å². The summed E-state index contributed by atoms with van der Waals surface area (Å²) >= 11 is 5.81. The van der Waals surface area contributed by atoms with Gasteiger partial charge < -0.3 is 5.73 Å². The Hall–Kier alpha value is -1.02. The molecule has 1 fully saturated rings. The van der Waals surface area contributed by atoms with Gasteiger partial charge in [-0.05, 0) is 25.0 Å². The van der Waals surface area contributed by atoms with Crippen LogP contribution < -0.4 is 5.73 Å². The summed E-state index contributed by atoms with van der Waals surface area (Å²) in [5.74, 6) is 0.334. The lowest BCUT2D eigenvalue weighted by molar-refractivity contribution is 0.0968. The van der Waals surface area contributed by atoms with E-state index in [-0.39, 0.29) is 11.7 Å². The molecule has 2 N–H and O–H groups in total. The molecule has 1 aliphatic carbocycles. The minimum absolute atomic E-state index is 0.139. The standard InChI is InChI=1S/C10H10ClNO/c11-8-3-1-2-7(9(8)12)10(13)6-4-5-6/h1-3,6H,4-5,12H2. The fourth-order valence-corrected chi connectivity index (χ4v) is 1.49. The fourth-order valence-electron chi connectivity index (χ4n) is 1.32. The van der Waals surface area contributed by atoms with Crippen LogP contribution in [0.3, 0.4) is 0 Å². The van der Waals surface area contributed by atoms with E-state index in [9.17, 15) is 4.79 Å². The lowest BCUT2D eigenvalue weighted by atomic mass is 10.1. The van der Waals surface area contributed by atoms with E-state index in [0.717, 1.165) is 12.8 Å². The van der Waals surface area contributed by atoms with Crippen LogP contribution in [0.2, 0.25) is 5.02 Å². The van der Waals surface area contributed by atoms with Crippen LogP contribution in [0.5, 0.6) is 0 Å². The van der Waals surface area contributed by atoms with Crippen LogP contribution in [-0.2, 0) is 0 Å². The number of nitrogens with two attached hydrogens (primary N) is 1. The SMILES string of the molecule is Nc1c(Cl)cccc1C(=O)C1CC1. The first-order valence-electron chi connectivity index (χ1n) is 4.28. The van der Waals surface area contributed by atoms with E-state index in [1.807, 2.05) is 0 Å². The molecule has 1 saturated carbocycles. The summed E-state index contributed by atoms with van der Waals surface area (Å²) in [6.45, 7) is 0. The van der Waals surface area contributed by atoms with Crippen molar-refractivity contribution in [3.05, 3.63) is 28.8 Å². The molecule has 0 atom stereocenters. The summed E-state index contributed by atoms with van der Waals surface area (Å²) in [4.78, 5) is 11.6. The minimum atomic E-state index is 0.139. The molecule has 0 unspecified atom stereocenters. The average molecular weight is 196 g/mol. The zero-order chi connectivity index (χ0) is 9.42. The van der Waals surface area contributed by atoms with Crippen LogP contribution in [-0.4, -0.2) is 5.78 Å². The van der Waals surface area contributed by atoms with Crippen molar-refractivity contribution in [1.82, 2.24) is 0 Å². The highest BCUT2D eigenvalue weighted by Crippen LogP contribution is 2.35. The summed E-state index contributed by atoms with van der Waals surface area (Å²) in [6.07, 6.45) is 1.98. The van der Waals surface area contributed by atoms with Crippen molar-refractivity contribution in [1.29, 1.82) is 0 Å². The Morgan fingerprint density at radius 2 is 2.15 bits per heavy atom. The quantitative estimate of drug-likeness (QED) is 0.582. The molecule has 2 rings (SSSR count). The van der Waals surface area contributed by atoms with Crippen LogP contribution in [0.15, 0.2) is 18.2 Å². The molecule has 68 valence electrons. The molecule has 0 spiro atoms. The number of rotatable bonds is 2. The van der Waals surface area contributed by atoms with Crippen LogP contribution in [0, 0.1) is 5.92 Å². The minimum Gasteiger partial charge on any atom is -0.397 e. The van der Waals surface area contributed by atoms with Crippen LogP contribution >= 0.6 is 11.6 Å². The van der Waals surface area contributed by atoms with Gasteiger partial charge in [-0.2, -0.15) is 0 Å². The molecule has 0 heterocycles. The zero-order valence-electron chi connectivity index (χ0n) is 7.09. The maximum Gasteiger partial charge on any atom is 0.168 e. The first-order chi connectivity index (χ1) is 6.20. The summed E-state index contributed by atoms with van der Waals surface area (Å²) < 4.78 is 0. The Labute approximate surface area is 81.7 Å². The van der Waals surface area contributed by atoms with Crippen LogP contribution in [0.1, 0.15) is 23.2 Å². The van der Waals surface area contributed by atoms with Crippen LogP contribution in [0.4, 0.5) is 5.69 Å². The number of ketones is 1. The van der Waals surface area contributed by atoms with Crippen molar-refractivity contribution in [2.24, 2.45) is 5.92 Å². The monoisotopic (exact) mass is 195 g/mol. The topological polar surface area (TPSA) is 43.1 Å². The second kappa shape index (κ2) is 3.04. The maximum atomic E-state index is 11.6. The van der Waals surface area contributed by atoms with Gasteiger partial charge in [0.25, 0.3) is 0 Å². The molecule has 13 heavy (non-hydrogen) atoms. The summed E-state index contributed by atoms with van der Waals surface area (Å²) in [5, 5.41) is 0.464. The highest BCUT2D eigenvalue weighted by Gasteiger charge is 2.31. The van der Waals surface area contributed by atoms with Gasteiger partial charge in [0, 0.05) is 11.5 Å². The third kappa shape index (κ3) is 1.54. The van der Waals surface area contributed by atoms with Gasteiger partial charge in [-0.15, -0.1) is 0 Å². The Kier molecular flexibility index (Phi) is 2.00. The van der Waals surface area contributed by atoms with Gasteiger partial charge in [-0.25, -0.2) is 0 Å². The van der Waals surface area contributed by atoms with E-state index >= 15 is 0 Å². The van der Waals surface area contributed by atoms with Gasteiger partial charge in [-0.1, -0.05) is 17.7 Å². The smallest absolute Gasteiger partial charge is 0.168 e. The van der Waals surface area contributed by atoms with Gasteiger partial charge in [-0.3, -0.25) is 4.79 Å². The first kappa shape index (κ1) is 8.57. The number of carbonyl (C=O) groups excluding carboxylic acids is 1. The molecule has 0 aliphatic heterocycles. The van der Waals surface area contributed by atoms with E-state index in [1.165, 1.54) is 0 Å². The van der Waals surface area contributed by atoms with Gasteiger partial charge in [0.2, 0.25) is 0 Å². The molecule has 3 heteroatoms. The number of carbonyl (C=O) groups is 1. The molecule has 2 nitrogen and oxygen atoms in total. The summed E-state index contributed by atoms with van der Waals surface area (Å²) in [6, 6.07) is 5.19. The van der Waals surface area contributed by atoms with Crippen molar-refractivity contribution in [2.45, 2.75) is 12.8 Å². The van der Waals surface area contributed by atoms with Crippen molar-refractivity contribution in [3.8, 4) is 0 Å². The first-order valence-corrected chi connectivity index (χ1v) is 4.66. The number of nitrogen functional groups attached to an aromatic ring is 1. The number of hydrogen-bond acceptors (Lipinski definition) is 2. The maximum absolute atomic E-state index is 11.6. The number of benzene rings is 1. The normalized spacial score (nSPS) is 15.8. The third-order valence-electron chi connectivity index (χ3n) is 2.27. The Bertz CT molecular complexity index is 358. The molecule has 1 aliphatic rings. The van der Waals surface area contributed by atoms with Crippen LogP contribution in [0.25, 0.3) is 0 Å². The van der Waals surface area contributed by atoms with Gasteiger partial charge in [0.05, 0.1) is 10.7 Å². The lowest BCUT2D eigenvalue weighted by Gasteiger charge is -2.04. The highest BCUT2D eigenvalue weighted by molar-refractivity contribution is 6.34.